The molecule has 1 aromatic rings. The highest BCUT2D eigenvalue weighted by Gasteiger charge is 2.10. The molecule has 1 unspecified atom stereocenters. The van der Waals surface area contributed by atoms with E-state index < -0.39 is 0 Å². The van der Waals surface area contributed by atoms with Crippen molar-refractivity contribution in [2.75, 3.05) is 13.2 Å². The summed E-state index contributed by atoms with van der Waals surface area (Å²) in [5, 5.41) is 0. The van der Waals surface area contributed by atoms with Gasteiger partial charge < -0.3 is 4.74 Å². The van der Waals surface area contributed by atoms with Crippen molar-refractivity contribution in [1.29, 1.82) is 0 Å². The van der Waals surface area contributed by atoms with Gasteiger partial charge in [0.25, 0.3) is 0 Å². The van der Waals surface area contributed by atoms with Gasteiger partial charge in [0, 0.05) is 19.3 Å². The molecule has 0 bridgehead atoms. The normalized spacial score (nSPS) is 12.7. The molecule has 0 aliphatic heterocycles. The topological polar surface area (TPSA) is 47.3 Å². The number of nitrogens with one attached hydrogen (secondary N) is 1. The largest absolute Gasteiger partial charge is 0.381 e. The van der Waals surface area contributed by atoms with Crippen molar-refractivity contribution >= 4 is 0 Å². The minimum atomic E-state index is -0.200. The SMILES string of the molecule is CCCOCCC(Cc1cc(F)ccc1C)NN. The van der Waals surface area contributed by atoms with Crippen molar-refractivity contribution < 1.29 is 9.13 Å². The van der Waals surface area contributed by atoms with Crippen molar-refractivity contribution in [3.05, 3.63) is 35.1 Å². The van der Waals surface area contributed by atoms with Crippen LogP contribution in [0.2, 0.25) is 0 Å². The molecule has 0 aromatic heterocycles. The van der Waals surface area contributed by atoms with E-state index in [0.29, 0.717) is 6.61 Å². The zero-order valence-electron chi connectivity index (χ0n) is 11.2. The van der Waals surface area contributed by atoms with Crippen LogP contribution >= 0.6 is 0 Å². The molecule has 18 heavy (non-hydrogen) atoms. The van der Waals surface area contributed by atoms with E-state index in [1.807, 2.05) is 6.92 Å². The summed E-state index contributed by atoms with van der Waals surface area (Å²) in [5.41, 5.74) is 4.85. The Morgan fingerprint density at radius 2 is 2.17 bits per heavy atom. The summed E-state index contributed by atoms with van der Waals surface area (Å²) in [6, 6.07) is 4.97. The summed E-state index contributed by atoms with van der Waals surface area (Å²) in [6.45, 7) is 5.51. The van der Waals surface area contributed by atoms with Gasteiger partial charge in [-0.3, -0.25) is 11.3 Å². The lowest BCUT2D eigenvalue weighted by molar-refractivity contribution is 0.124. The molecule has 0 spiro atoms. The first-order valence-corrected chi connectivity index (χ1v) is 6.46. The number of benzene rings is 1. The third kappa shape index (κ3) is 5.12. The second-order valence-electron chi connectivity index (χ2n) is 4.54. The molecule has 0 saturated carbocycles. The quantitative estimate of drug-likeness (QED) is 0.425. The van der Waals surface area contributed by atoms with Gasteiger partial charge in [-0.25, -0.2) is 4.39 Å². The maximum absolute atomic E-state index is 13.2. The molecule has 0 amide bonds. The lowest BCUT2D eigenvalue weighted by Crippen LogP contribution is -2.37. The van der Waals surface area contributed by atoms with Crippen molar-refractivity contribution in [3.8, 4) is 0 Å². The zero-order valence-corrected chi connectivity index (χ0v) is 11.2. The van der Waals surface area contributed by atoms with E-state index >= 15 is 0 Å². The lowest BCUT2D eigenvalue weighted by Gasteiger charge is -2.17. The highest BCUT2D eigenvalue weighted by molar-refractivity contribution is 5.27. The minimum Gasteiger partial charge on any atom is -0.381 e. The van der Waals surface area contributed by atoms with Crippen LogP contribution in [-0.2, 0) is 11.2 Å². The highest BCUT2D eigenvalue weighted by atomic mass is 19.1. The zero-order chi connectivity index (χ0) is 13.4. The van der Waals surface area contributed by atoms with Gasteiger partial charge in [-0.2, -0.15) is 0 Å². The molecule has 0 radical (unpaired) electrons. The Bertz CT molecular complexity index is 358. The van der Waals surface area contributed by atoms with E-state index in [9.17, 15) is 4.39 Å². The molecule has 0 aliphatic rings. The summed E-state index contributed by atoms with van der Waals surface area (Å²) in [5.74, 6) is 5.32. The molecule has 0 aliphatic carbocycles. The molecule has 0 fully saturated rings. The fraction of sp³-hybridized carbons (Fsp3) is 0.571. The van der Waals surface area contributed by atoms with Crippen LogP contribution < -0.4 is 11.3 Å². The van der Waals surface area contributed by atoms with Crippen LogP contribution in [0.15, 0.2) is 18.2 Å². The van der Waals surface area contributed by atoms with Gasteiger partial charge in [-0.1, -0.05) is 13.0 Å². The van der Waals surface area contributed by atoms with Gasteiger partial charge in [-0.15, -0.1) is 0 Å². The predicted octanol–water partition coefficient (Wildman–Crippen LogP) is 2.33. The number of halogens is 1. The van der Waals surface area contributed by atoms with Crippen LogP contribution in [0.3, 0.4) is 0 Å². The summed E-state index contributed by atoms with van der Waals surface area (Å²) < 4.78 is 18.6. The minimum absolute atomic E-state index is 0.113. The number of nitrogens with two attached hydrogens (primary N) is 1. The van der Waals surface area contributed by atoms with E-state index in [-0.39, 0.29) is 11.9 Å². The molecule has 0 heterocycles. The molecule has 3 N–H and O–H groups in total. The Balaban J connectivity index is 2.48. The molecular weight excluding hydrogens is 231 g/mol. The van der Waals surface area contributed by atoms with Gasteiger partial charge in [0.1, 0.15) is 5.82 Å². The van der Waals surface area contributed by atoms with Crippen LogP contribution in [-0.4, -0.2) is 19.3 Å². The second kappa shape index (κ2) is 8.19. The molecule has 1 aromatic carbocycles. The number of aryl methyl sites for hydroxylation is 1. The Hall–Kier alpha value is -0.970. The van der Waals surface area contributed by atoms with Gasteiger partial charge in [0.15, 0.2) is 0 Å². The van der Waals surface area contributed by atoms with Crippen LogP contribution in [0.4, 0.5) is 4.39 Å². The van der Waals surface area contributed by atoms with Gasteiger partial charge >= 0.3 is 0 Å². The van der Waals surface area contributed by atoms with E-state index in [1.165, 1.54) is 6.07 Å². The van der Waals surface area contributed by atoms with Crippen molar-refractivity contribution in [2.24, 2.45) is 5.84 Å². The first-order valence-electron chi connectivity index (χ1n) is 6.46. The Kier molecular flexibility index (Phi) is 6.86. The average Bonchev–Trinajstić information content (AvgIpc) is 2.37. The molecule has 102 valence electrons. The van der Waals surface area contributed by atoms with Crippen LogP contribution in [0, 0.1) is 12.7 Å². The Morgan fingerprint density at radius 1 is 1.39 bits per heavy atom. The number of hydrogen-bond donors (Lipinski definition) is 2. The van der Waals surface area contributed by atoms with Crippen LogP contribution in [0.5, 0.6) is 0 Å². The van der Waals surface area contributed by atoms with Gasteiger partial charge in [0.05, 0.1) is 0 Å². The summed E-state index contributed by atoms with van der Waals surface area (Å²) in [6.07, 6.45) is 2.56. The summed E-state index contributed by atoms with van der Waals surface area (Å²) in [4.78, 5) is 0. The summed E-state index contributed by atoms with van der Waals surface area (Å²) >= 11 is 0. The standard InChI is InChI=1S/C14H23FN2O/c1-3-7-18-8-6-14(17-16)10-12-9-13(15)5-4-11(12)2/h4-5,9,14,17H,3,6-8,10,16H2,1-2H3. The first-order chi connectivity index (χ1) is 8.67. The molecule has 1 rings (SSSR count). The smallest absolute Gasteiger partial charge is 0.123 e. The van der Waals surface area contributed by atoms with Crippen LogP contribution in [0.1, 0.15) is 30.9 Å². The van der Waals surface area contributed by atoms with E-state index in [2.05, 4.69) is 12.3 Å². The summed E-state index contributed by atoms with van der Waals surface area (Å²) in [7, 11) is 0. The first kappa shape index (κ1) is 15.1. The Labute approximate surface area is 108 Å². The van der Waals surface area contributed by atoms with Gasteiger partial charge in [-0.05, 0) is 49.4 Å². The maximum Gasteiger partial charge on any atom is 0.123 e. The molecular formula is C14H23FN2O. The van der Waals surface area contributed by atoms with E-state index in [1.54, 1.807) is 12.1 Å². The molecule has 3 nitrogen and oxygen atoms in total. The highest BCUT2D eigenvalue weighted by Crippen LogP contribution is 2.13. The van der Waals surface area contributed by atoms with E-state index in [4.69, 9.17) is 10.6 Å². The lowest BCUT2D eigenvalue weighted by atomic mass is 9.99. The molecule has 0 saturated heterocycles. The van der Waals surface area contributed by atoms with Crippen molar-refractivity contribution in [3.63, 3.8) is 0 Å². The van der Waals surface area contributed by atoms with Gasteiger partial charge in [0.2, 0.25) is 0 Å². The molecule has 1 atom stereocenters. The van der Waals surface area contributed by atoms with Crippen LogP contribution in [0.25, 0.3) is 0 Å². The monoisotopic (exact) mass is 254 g/mol. The Morgan fingerprint density at radius 3 is 2.83 bits per heavy atom. The third-order valence-corrected chi connectivity index (χ3v) is 2.97. The van der Waals surface area contributed by atoms with Crippen molar-refractivity contribution in [2.45, 2.75) is 39.2 Å². The predicted molar refractivity (Wildman–Crippen MR) is 71.7 cm³/mol. The number of hydrogen-bond acceptors (Lipinski definition) is 3. The third-order valence-electron chi connectivity index (χ3n) is 2.97. The average molecular weight is 254 g/mol. The number of rotatable bonds is 8. The fourth-order valence-corrected chi connectivity index (χ4v) is 1.84. The fourth-order valence-electron chi connectivity index (χ4n) is 1.84. The maximum atomic E-state index is 13.2. The number of ether oxygens (including phenoxy) is 1. The van der Waals surface area contributed by atoms with E-state index in [0.717, 1.165) is 37.0 Å². The second-order valence-corrected chi connectivity index (χ2v) is 4.54. The van der Waals surface area contributed by atoms with Crippen molar-refractivity contribution in [1.82, 2.24) is 5.43 Å². The molecule has 4 heteroatoms. The number of hydrazine groups is 1.